The molecule has 4 aromatic rings. The highest BCUT2D eigenvalue weighted by Gasteiger charge is 2.10. The van der Waals surface area contributed by atoms with Gasteiger partial charge in [-0.3, -0.25) is 0 Å². The molecule has 0 saturated heterocycles. The average Bonchev–Trinajstić information content (AvgIpc) is 3.32. The van der Waals surface area contributed by atoms with Crippen molar-refractivity contribution >= 4 is 23.3 Å². The van der Waals surface area contributed by atoms with Crippen LogP contribution in [0.15, 0.2) is 56.6 Å². The van der Waals surface area contributed by atoms with Crippen LogP contribution in [0.5, 0.6) is 11.5 Å². The third kappa shape index (κ3) is 3.78. The van der Waals surface area contributed by atoms with Crippen molar-refractivity contribution in [1.82, 2.24) is 15.3 Å². The highest BCUT2D eigenvalue weighted by molar-refractivity contribution is 5.81. The molecular formula is C19H17N5O4. The quantitative estimate of drug-likeness (QED) is 0.384. The molecule has 0 aliphatic carbocycles. The SMILES string of the molecule is COc1cc(/C=N/Nc2nc3ccccc3o2)ccc1OCc1nonc1C. The molecule has 9 heteroatoms. The molecule has 0 fully saturated rings. The molecule has 4 rings (SSSR count). The van der Waals surface area contributed by atoms with Crippen molar-refractivity contribution in [2.45, 2.75) is 13.5 Å². The molecule has 0 aliphatic heterocycles. The van der Waals surface area contributed by atoms with Crippen LogP contribution in [0.25, 0.3) is 11.1 Å². The fourth-order valence-corrected chi connectivity index (χ4v) is 2.49. The first-order valence-electron chi connectivity index (χ1n) is 8.46. The molecule has 0 aliphatic rings. The van der Waals surface area contributed by atoms with Gasteiger partial charge in [0, 0.05) is 0 Å². The van der Waals surface area contributed by atoms with E-state index in [1.165, 1.54) is 0 Å². The first kappa shape index (κ1) is 17.5. The van der Waals surface area contributed by atoms with Crippen LogP contribution in [0.4, 0.5) is 6.01 Å². The molecule has 28 heavy (non-hydrogen) atoms. The number of methoxy groups -OCH3 is 1. The van der Waals surface area contributed by atoms with Crippen LogP contribution in [-0.4, -0.2) is 28.6 Å². The lowest BCUT2D eigenvalue weighted by atomic mass is 10.2. The lowest BCUT2D eigenvalue weighted by molar-refractivity contribution is 0.260. The van der Waals surface area contributed by atoms with E-state index < -0.39 is 0 Å². The topological polar surface area (TPSA) is 108 Å². The van der Waals surface area contributed by atoms with Gasteiger partial charge in [0.25, 0.3) is 0 Å². The van der Waals surface area contributed by atoms with Crippen LogP contribution >= 0.6 is 0 Å². The van der Waals surface area contributed by atoms with Gasteiger partial charge in [-0.25, -0.2) is 10.1 Å². The fraction of sp³-hybridized carbons (Fsp3) is 0.158. The number of ether oxygens (including phenoxy) is 2. The van der Waals surface area contributed by atoms with E-state index in [-0.39, 0.29) is 6.61 Å². The number of hydrogen-bond acceptors (Lipinski definition) is 9. The van der Waals surface area contributed by atoms with Crippen LogP contribution in [-0.2, 0) is 6.61 Å². The van der Waals surface area contributed by atoms with E-state index in [0.29, 0.717) is 34.5 Å². The molecule has 0 atom stereocenters. The Hall–Kier alpha value is -3.88. The van der Waals surface area contributed by atoms with Gasteiger partial charge in [-0.1, -0.05) is 22.4 Å². The number of hydrogen-bond donors (Lipinski definition) is 1. The molecule has 0 unspecified atom stereocenters. The molecule has 1 N–H and O–H groups in total. The van der Waals surface area contributed by atoms with Gasteiger partial charge in [-0.15, -0.1) is 0 Å². The largest absolute Gasteiger partial charge is 0.493 e. The zero-order valence-electron chi connectivity index (χ0n) is 15.2. The van der Waals surface area contributed by atoms with Gasteiger partial charge in [0.15, 0.2) is 17.1 Å². The van der Waals surface area contributed by atoms with Crippen molar-refractivity contribution in [3.63, 3.8) is 0 Å². The van der Waals surface area contributed by atoms with Gasteiger partial charge >= 0.3 is 6.01 Å². The van der Waals surface area contributed by atoms with E-state index in [4.69, 9.17) is 13.9 Å². The lowest BCUT2D eigenvalue weighted by Crippen LogP contribution is -2.00. The minimum Gasteiger partial charge on any atom is -0.493 e. The van der Waals surface area contributed by atoms with Crippen LogP contribution in [0, 0.1) is 6.92 Å². The molecule has 0 bridgehead atoms. The van der Waals surface area contributed by atoms with E-state index >= 15 is 0 Å². The Bertz CT molecular complexity index is 1090. The maximum absolute atomic E-state index is 5.74. The summed E-state index contributed by atoms with van der Waals surface area (Å²) in [6.07, 6.45) is 1.63. The van der Waals surface area contributed by atoms with E-state index in [2.05, 4.69) is 30.5 Å². The first-order chi connectivity index (χ1) is 13.7. The fourth-order valence-electron chi connectivity index (χ4n) is 2.49. The number of hydrazone groups is 1. The Balaban J connectivity index is 1.43. The number of benzene rings is 2. The van der Waals surface area contributed by atoms with Crippen molar-refractivity contribution in [2.75, 3.05) is 12.5 Å². The van der Waals surface area contributed by atoms with E-state index in [1.807, 2.05) is 30.3 Å². The van der Waals surface area contributed by atoms with E-state index in [0.717, 1.165) is 11.1 Å². The Kier molecular flexibility index (Phi) is 4.87. The van der Waals surface area contributed by atoms with Crippen LogP contribution in [0.3, 0.4) is 0 Å². The molecular weight excluding hydrogens is 362 g/mol. The van der Waals surface area contributed by atoms with Crippen LogP contribution in [0.1, 0.15) is 17.0 Å². The summed E-state index contributed by atoms with van der Waals surface area (Å²) < 4.78 is 21.3. The second-order valence-electron chi connectivity index (χ2n) is 5.85. The minimum absolute atomic E-state index is 0.235. The Morgan fingerprint density at radius 1 is 1.14 bits per heavy atom. The Morgan fingerprint density at radius 2 is 2.04 bits per heavy atom. The summed E-state index contributed by atoms with van der Waals surface area (Å²) in [5.41, 5.74) is 6.37. The maximum Gasteiger partial charge on any atom is 0.316 e. The van der Waals surface area contributed by atoms with Gasteiger partial charge in [0.05, 0.1) is 13.3 Å². The average molecular weight is 379 g/mol. The zero-order valence-corrected chi connectivity index (χ0v) is 15.2. The maximum atomic E-state index is 5.74. The molecule has 142 valence electrons. The van der Waals surface area contributed by atoms with Gasteiger partial charge in [0.1, 0.15) is 23.5 Å². The number of rotatable bonds is 7. The number of anilines is 1. The van der Waals surface area contributed by atoms with Gasteiger partial charge < -0.3 is 13.9 Å². The third-order valence-corrected chi connectivity index (χ3v) is 3.97. The van der Waals surface area contributed by atoms with Gasteiger partial charge in [-0.2, -0.15) is 10.1 Å². The van der Waals surface area contributed by atoms with Crippen molar-refractivity contribution in [3.05, 3.63) is 59.4 Å². The third-order valence-electron chi connectivity index (χ3n) is 3.97. The molecule has 2 heterocycles. The monoisotopic (exact) mass is 379 g/mol. The highest BCUT2D eigenvalue weighted by atomic mass is 16.6. The standard InChI is InChI=1S/C19H17N5O4/c1-12-15(24-28-23-12)11-26-17-8-7-13(9-18(17)25-2)10-20-22-19-21-14-5-3-4-6-16(14)27-19/h3-10H,11H2,1-2H3,(H,21,22)/b20-10+. The molecule has 0 saturated carbocycles. The predicted octanol–water partition coefficient (Wildman–Crippen LogP) is 3.55. The number of nitrogens with zero attached hydrogens (tertiary/aromatic N) is 4. The molecule has 2 aromatic carbocycles. The number of aromatic nitrogens is 3. The second kappa shape index (κ2) is 7.78. The summed E-state index contributed by atoms with van der Waals surface area (Å²) in [6, 6.07) is 13.3. The number of aryl methyl sites for hydroxylation is 1. The van der Waals surface area contributed by atoms with Crippen molar-refractivity contribution in [3.8, 4) is 11.5 Å². The number of nitrogens with one attached hydrogen (secondary N) is 1. The summed E-state index contributed by atoms with van der Waals surface area (Å²) in [4.78, 5) is 4.29. The van der Waals surface area contributed by atoms with E-state index in [9.17, 15) is 0 Å². The smallest absolute Gasteiger partial charge is 0.316 e. The Morgan fingerprint density at radius 3 is 2.82 bits per heavy atom. The lowest BCUT2D eigenvalue weighted by Gasteiger charge is -2.10. The van der Waals surface area contributed by atoms with Crippen LogP contribution < -0.4 is 14.9 Å². The predicted molar refractivity (Wildman–Crippen MR) is 102 cm³/mol. The summed E-state index contributed by atoms with van der Waals surface area (Å²) >= 11 is 0. The second-order valence-corrected chi connectivity index (χ2v) is 5.85. The Labute approximate surface area is 159 Å². The number of oxazole rings is 1. The molecule has 9 nitrogen and oxygen atoms in total. The van der Waals surface area contributed by atoms with Gasteiger partial charge in [0.2, 0.25) is 0 Å². The number of para-hydroxylation sites is 2. The molecule has 2 aromatic heterocycles. The highest BCUT2D eigenvalue weighted by Crippen LogP contribution is 2.28. The van der Waals surface area contributed by atoms with Gasteiger partial charge in [-0.05, 0) is 42.8 Å². The van der Waals surface area contributed by atoms with E-state index in [1.54, 1.807) is 32.4 Å². The summed E-state index contributed by atoms with van der Waals surface area (Å²) in [5, 5.41) is 11.7. The van der Waals surface area contributed by atoms with Crippen molar-refractivity contribution in [1.29, 1.82) is 0 Å². The van der Waals surface area contributed by atoms with Crippen LogP contribution in [0.2, 0.25) is 0 Å². The minimum atomic E-state index is 0.235. The van der Waals surface area contributed by atoms with Crippen molar-refractivity contribution in [2.24, 2.45) is 5.10 Å². The molecule has 0 radical (unpaired) electrons. The summed E-state index contributed by atoms with van der Waals surface area (Å²) in [6.45, 7) is 2.04. The number of fused-ring (bicyclic) bond motifs is 1. The zero-order chi connectivity index (χ0) is 19.3. The first-order valence-corrected chi connectivity index (χ1v) is 8.46. The summed E-state index contributed by atoms with van der Waals surface area (Å²) in [5.74, 6) is 1.15. The molecule has 0 spiro atoms. The van der Waals surface area contributed by atoms with Crippen molar-refractivity contribution < 1.29 is 18.5 Å². The molecule has 0 amide bonds. The summed E-state index contributed by atoms with van der Waals surface area (Å²) in [7, 11) is 1.57. The normalized spacial score (nSPS) is 11.2.